The fourth-order valence-electron chi connectivity index (χ4n) is 2.81. The number of carboxylic acids is 1. The lowest BCUT2D eigenvalue weighted by Gasteiger charge is -2.23. The molecule has 2 amide bonds. The van der Waals surface area contributed by atoms with E-state index >= 15 is 0 Å². The van der Waals surface area contributed by atoms with Gasteiger partial charge in [-0.05, 0) is 24.1 Å². The molecule has 25 heavy (non-hydrogen) atoms. The molecule has 0 fully saturated rings. The van der Waals surface area contributed by atoms with Crippen molar-refractivity contribution in [2.75, 3.05) is 0 Å². The fourth-order valence-corrected chi connectivity index (χ4v) is 2.81. The van der Waals surface area contributed by atoms with Gasteiger partial charge in [0.15, 0.2) is 5.82 Å². The summed E-state index contributed by atoms with van der Waals surface area (Å²) in [7, 11) is 0. The molecule has 132 valence electrons. The fraction of sp³-hybridized carbons (Fsp3) is 0.412. The maximum absolute atomic E-state index is 12.1. The maximum Gasteiger partial charge on any atom is 0.335 e. The van der Waals surface area contributed by atoms with E-state index in [2.05, 4.69) is 20.7 Å². The number of nitrogens with zero attached hydrogens (tertiary/aromatic N) is 3. The summed E-state index contributed by atoms with van der Waals surface area (Å²) in [5.41, 5.74) is 1.07. The predicted octanol–water partition coefficient (Wildman–Crippen LogP) is 1.35. The first kappa shape index (κ1) is 16.9. The van der Waals surface area contributed by atoms with Crippen LogP contribution in [-0.2, 0) is 25.9 Å². The zero-order valence-corrected chi connectivity index (χ0v) is 14.0. The van der Waals surface area contributed by atoms with E-state index in [0.717, 1.165) is 36.5 Å². The van der Waals surface area contributed by atoms with Crippen LogP contribution in [0.1, 0.15) is 40.9 Å². The van der Waals surface area contributed by atoms with Crippen molar-refractivity contribution in [2.24, 2.45) is 0 Å². The highest BCUT2D eigenvalue weighted by molar-refractivity contribution is 5.87. The summed E-state index contributed by atoms with van der Waals surface area (Å²) in [5.74, 6) is 0.854. The van der Waals surface area contributed by atoms with Crippen LogP contribution in [0.2, 0.25) is 0 Å². The standard InChI is InChI=1S/C17H21N5O3/c1-2-14-20-15-8-7-13(10-22(15)21-14)19-17(25)18-9-11-3-5-12(6-4-11)16(23)24/h3-6,13H,2,7-10H2,1H3,(H,23,24)(H2,18,19,25). The minimum atomic E-state index is -0.965. The lowest BCUT2D eigenvalue weighted by molar-refractivity contribution is 0.0697. The van der Waals surface area contributed by atoms with E-state index in [9.17, 15) is 9.59 Å². The zero-order chi connectivity index (χ0) is 17.8. The Morgan fingerprint density at radius 2 is 2.08 bits per heavy atom. The molecule has 1 atom stereocenters. The summed E-state index contributed by atoms with van der Waals surface area (Å²) in [6.07, 6.45) is 2.44. The molecule has 1 aliphatic heterocycles. The van der Waals surface area contributed by atoms with Crippen LogP contribution in [0, 0.1) is 0 Å². The molecule has 0 radical (unpaired) electrons. The van der Waals surface area contributed by atoms with Crippen molar-refractivity contribution in [2.45, 2.75) is 45.3 Å². The van der Waals surface area contributed by atoms with Gasteiger partial charge in [0.05, 0.1) is 18.2 Å². The third kappa shape index (κ3) is 4.14. The minimum Gasteiger partial charge on any atom is -0.478 e. The Morgan fingerprint density at radius 3 is 2.76 bits per heavy atom. The highest BCUT2D eigenvalue weighted by atomic mass is 16.4. The van der Waals surface area contributed by atoms with Gasteiger partial charge >= 0.3 is 12.0 Å². The summed E-state index contributed by atoms with van der Waals surface area (Å²) in [4.78, 5) is 27.3. The Balaban J connectivity index is 1.49. The number of rotatable bonds is 5. The van der Waals surface area contributed by atoms with Crippen molar-refractivity contribution in [3.05, 3.63) is 47.0 Å². The van der Waals surface area contributed by atoms with Crippen LogP contribution in [0.3, 0.4) is 0 Å². The van der Waals surface area contributed by atoms with Crippen LogP contribution in [0.5, 0.6) is 0 Å². The molecule has 3 rings (SSSR count). The van der Waals surface area contributed by atoms with E-state index < -0.39 is 5.97 Å². The Labute approximate surface area is 145 Å². The Kier molecular flexibility index (Phi) is 4.97. The second-order valence-corrected chi connectivity index (χ2v) is 6.04. The van der Waals surface area contributed by atoms with E-state index in [-0.39, 0.29) is 17.6 Å². The second-order valence-electron chi connectivity index (χ2n) is 6.04. The van der Waals surface area contributed by atoms with Crippen molar-refractivity contribution < 1.29 is 14.7 Å². The molecule has 8 nitrogen and oxygen atoms in total. The summed E-state index contributed by atoms with van der Waals surface area (Å²) in [6.45, 7) is 2.99. The first-order chi connectivity index (χ1) is 12.0. The smallest absolute Gasteiger partial charge is 0.335 e. The van der Waals surface area contributed by atoms with Gasteiger partial charge in [-0.3, -0.25) is 0 Å². The normalized spacial score (nSPS) is 16.1. The van der Waals surface area contributed by atoms with Crippen LogP contribution >= 0.6 is 0 Å². The van der Waals surface area contributed by atoms with Gasteiger partial charge in [0.25, 0.3) is 0 Å². The lowest BCUT2D eigenvalue weighted by Crippen LogP contribution is -2.45. The van der Waals surface area contributed by atoms with Gasteiger partial charge in [-0.1, -0.05) is 19.1 Å². The molecule has 0 aliphatic carbocycles. The van der Waals surface area contributed by atoms with Gasteiger partial charge in [-0.2, -0.15) is 5.10 Å². The zero-order valence-electron chi connectivity index (χ0n) is 14.0. The van der Waals surface area contributed by atoms with Gasteiger partial charge in [0.2, 0.25) is 0 Å². The van der Waals surface area contributed by atoms with Crippen LogP contribution in [-0.4, -0.2) is 37.9 Å². The number of fused-ring (bicyclic) bond motifs is 1. The summed E-state index contributed by atoms with van der Waals surface area (Å²) in [5, 5.41) is 19.0. The largest absolute Gasteiger partial charge is 0.478 e. The van der Waals surface area contributed by atoms with Gasteiger partial charge in [0.1, 0.15) is 5.82 Å². The van der Waals surface area contributed by atoms with Gasteiger partial charge in [-0.25, -0.2) is 19.3 Å². The average Bonchev–Trinajstić information content (AvgIpc) is 3.02. The quantitative estimate of drug-likeness (QED) is 0.759. The molecule has 0 spiro atoms. The van der Waals surface area contributed by atoms with E-state index in [1.54, 1.807) is 12.1 Å². The molecular weight excluding hydrogens is 322 g/mol. The number of carboxylic acid groups (broad SMARTS) is 1. The number of nitrogens with one attached hydrogen (secondary N) is 2. The molecule has 1 aromatic heterocycles. The molecule has 8 heteroatoms. The Bertz CT molecular complexity index is 769. The van der Waals surface area contributed by atoms with E-state index in [4.69, 9.17) is 5.11 Å². The topological polar surface area (TPSA) is 109 Å². The molecule has 3 N–H and O–H groups in total. The van der Waals surface area contributed by atoms with E-state index in [1.807, 2.05) is 11.6 Å². The molecule has 0 bridgehead atoms. The van der Waals surface area contributed by atoms with Crippen LogP contribution in [0.15, 0.2) is 24.3 Å². The Morgan fingerprint density at radius 1 is 1.32 bits per heavy atom. The number of hydrogen-bond acceptors (Lipinski definition) is 4. The monoisotopic (exact) mass is 343 g/mol. The number of aromatic nitrogens is 3. The van der Waals surface area contributed by atoms with Gasteiger partial charge in [-0.15, -0.1) is 0 Å². The van der Waals surface area contributed by atoms with Crippen molar-refractivity contribution in [3.8, 4) is 0 Å². The first-order valence-electron chi connectivity index (χ1n) is 8.34. The van der Waals surface area contributed by atoms with E-state index in [1.165, 1.54) is 12.1 Å². The third-order valence-electron chi connectivity index (χ3n) is 4.21. The van der Waals surface area contributed by atoms with Crippen molar-refractivity contribution in [1.29, 1.82) is 0 Å². The van der Waals surface area contributed by atoms with Crippen molar-refractivity contribution >= 4 is 12.0 Å². The number of urea groups is 1. The van der Waals surface area contributed by atoms with Gasteiger partial charge < -0.3 is 15.7 Å². The average molecular weight is 343 g/mol. The molecule has 1 unspecified atom stereocenters. The number of amides is 2. The lowest BCUT2D eigenvalue weighted by atomic mass is 10.1. The molecule has 2 aromatic rings. The number of carbonyl (C=O) groups excluding carboxylic acids is 1. The van der Waals surface area contributed by atoms with E-state index in [0.29, 0.717) is 13.1 Å². The van der Waals surface area contributed by atoms with Crippen molar-refractivity contribution in [3.63, 3.8) is 0 Å². The highest BCUT2D eigenvalue weighted by Crippen LogP contribution is 2.13. The number of carbonyl (C=O) groups is 2. The third-order valence-corrected chi connectivity index (χ3v) is 4.21. The summed E-state index contributed by atoms with van der Waals surface area (Å²) >= 11 is 0. The maximum atomic E-state index is 12.1. The summed E-state index contributed by atoms with van der Waals surface area (Å²) < 4.78 is 1.87. The van der Waals surface area contributed by atoms with Gasteiger partial charge in [0, 0.05) is 19.4 Å². The van der Waals surface area contributed by atoms with Crippen molar-refractivity contribution in [1.82, 2.24) is 25.4 Å². The molecule has 0 saturated heterocycles. The molecule has 2 heterocycles. The molecule has 1 aromatic carbocycles. The summed E-state index contributed by atoms with van der Waals surface area (Å²) in [6, 6.07) is 6.21. The predicted molar refractivity (Wildman–Crippen MR) is 90.3 cm³/mol. The molecule has 1 aliphatic rings. The first-order valence-corrected chi connectivity index (χ1v) is 8.34. The number of aryl methyl sites for hydroxylation is 2. The SMILES string of the molecule is CCc1nc2n(n1)CC(NC(=O)NCc1ccc(C(=O)O)cc1)CC2. The van der Waals surface area contributed by atoms with Crippen LogP contribution < -0.4 is 10.6 Å². The van der Waals surface area contributed by atoms with Crippen LogP contribution in [0.25, 0.3) is 0 Å². The molecule has 0 saturated carbocycles. The highest BCUT2D eigenvalue weighted by Gasteiger charge is 2.22. The minimum absolute atomic E-state index is 0.0216. The number of benzene rings is 1. The number of hydrogen-bond donors (Lipinski definition) is 3. The number of aromatic carboxylic acids is 1. The Hall–Kier alpha value is -2.90. The molecular formula is C17H21N5O3. The van der Waals surface area contributed by atoms with Crippen LogP contribution in [0.4, 0.5) is 4.79 Å². The second kappa shape index (κ2) is 7.33.